The first kappa shape index (κ1) is 31.4. The number of ether oxygens (including phenoxy) is 1. The average Bonchev–Trinajstić information content (AvgIpc) is 3.85. The number of fused-ring (bicyclic) bond motifs is 3. The molecule has 1 saturated heterocycles. The summed E-state index contributed by atoms with van der Waals surface area (Å²) in [5.41, 5.74) is 1.23. The lowest BCUT2D eigenvalue weighted by Gasteiger charge is -2.39. The van der Waals surface area contributed by atoms with Gasteiger partial charge in [0.25, 0.3) is 5.91 Å². The third-order valence-corrected chi connectivity index (χ3v) is 9.48. The molecule has 0 radical (unpaired) electrons. The normalized spacial score (nSPS) is 15.2. The van der Waals surface area contributed by atoms with Crippen LogP contribution in [0.4, 0.5) is 15.0 Å². The molecule has 0 bridgehead atoms. The van der Waals surface area contributed by atoms with Gasteiger partial charge >= 0.3 is 6.09 Å². The second kappa shape index (κ2) is 12.2. The lowest BCUT2D eigenvalue weighted by Crippen LogP contribution is -2.53. The van der Waals surface area contributed by atoms with Crippen molar-refractivity contribution in [1.82, 2.24) is 44.5 Å². The number of piperidine rings is 1. The van der Waals surface area contributed by atoms with Crippen LogP contribution < -0.4 is 4.90 Å². The molecule has 1 fully saturated rings. The van der Waals surface area contributed by atoms with Crippen LogP contribution in [0.15, 0.2) is 79.3 Å². The van der Waals surface area contributed by atoms with Crippen LogP contribution in [0.1, 0.15) is 44.0 Å². The summed E-state index contributed by atoms with van der Waals surface area (Å²) in [6.07, 6.45) is 5.76. The zero-order valence-electron chi connectivity index (χ0n) is 27.4. The van der Waals surface area contributed by atoms with Gasteiger partial charge in [-0.3, -0.25) is 9.69 Å². The Kier molecular flexibility index (Phi) is 7.70. The number of rotatable bonds is 5. The number of pyridine rings is 3. The first-order chi connectivity index (χ1) is 24.1. The van der Waals surface area contributed by atoms with Crippen LogP contribution in [0.25, 0.3) is 43.3 Å². The molecule has 0 unspecified atom stereocenters. The van der Waals surface area contributed by atoms with Crippen LogP contribution in [0, 0.1) is 5.82 Å². The summed E-state index contributed by atoms with van der Waals surface area (Å²) < 4.78 is 25.8. The third-order valence-electron chi connectivity index (χ3n) is 8.38. The lowest BCUT2D eigenvalue weighted by atomic mass is 10.0. The molecule has 1 aliphatic rings. The summed E-state index contributed by atoms with van der Waals surface area (Å²) in [5.74, 6) is -0.453. The van der Waals surface area contributed by atoms with Crippen LogP contribution in [-0.4, -0.2) is 81.2 Å². The van der Waals surface area contributed by atoms with E-state index in [0.29, 0.717) is 58.9 Å². The number of carbonyl (C=O) groups excluding carboxylic acids is 2. The van der Waals surface area contributed by atoms with Crippen LogP contribution in [0.5, 0.6) is 0 Å². The first-order valence-electron chi connectivity index (χ1n) is 16.1. The molecule has 252 valence electrons. The Morgan fingerprint density at radius 2 is 1.92 bits per heavy atom. The maximum Gasteiger partial charge on any atom is 0.410 e. The third kappa shape index (κ3) is 5.78. The molecule has 0 saturated carbocycles. The number of amides is 2. The number of hydrogen-bond donors (Lipinski definition) is 0. The number of nitrogens with zero attached hydrogens (tertiary/aromatic N) is 10. The molecule has 0 spiro atoms. The molecule has 15 heteroatoms. The van der Waals surface area contributed by atoms with Crippen molar-refractivity contribution in [3.05, 3.63) is 90.6 Å². The summed E-state index contributed by atoms with van der Waals surface area (Å²) in [4.78, 5) is 45.5. The Morgan fingerprint density at radius 1 is 1.04 bits per heavy atom. The largest absolute Gasteiger partial charge is 0.444 e. The second-order valence-corrected chi connectivity index (χ2v) is 14.1. The monoisotopic (exact) mass is 690 g/mol. The van der Waals surface area contributed by atoms with Gasteiger partial charge in [-0.2, -0.15) is 4.68 Å². The van der Waals surface area contributed by atoms with Crippen LogP contribution >= 0.6 is 11.3 Å². The number of benzene rings is 1. The number of carbonyl (C=O) groups is 2. The van der Waals surface area contributed by atoms with E-state index in [-0.39, 0.29) is 12.1 Å². The predicted octanol–water partition coefficient (Wildman–Crippen LogP) is 6.32. The molecular weight excluding hydrogens is 660 g/mol. The van der Waals surface area contributed by atoms with Crippen LogP contribution in [0.2, 0.25) is 0 Å². The predicted molar refractivity (Wildman–Crippen MR) is 186 cm³/mol. The van der Waals surface area contributed by atoms with E-state index in [1.165, 1.54) is 33.1 Å². The Balaban J connectivity index is 1.21. The maximum atomic E-state index is 16.1. The molecule has 6 aromatic heterocycles. The fourth-order valence-corrected chi connectivity index (χ4v) is 7.14. The Bertz CT molecular complexity index is 2380. The van der Waals surface area contributed by atoms with E-state index >= 15 is 4.39 Å². The standard InChI is InChI=1S/C35H31FN10O3S/c1-35(2,3)49-34(48)43-16-7-8-22(20-43)45(33(47)23-12-11-21(18-25(23)36)46-32-26(40-42-46)9-6-14-37-32)31-24-19-28(50-27(24)13-15-38-31)30-39-29-10-4-5-17-44(29)41-30/h4-6,9-15,17-19,22H,7-8,16,20H2,1-3H3/t22-/m1/s1. The maximum absolute atomic E-state index is 16.1. The van der Waals surface area contributed by atoms with Gasteiger partial charge in [-0.05, 0) is 82.1 Å². The minimum Gasteiger partial charge on any atom is -0.444 e. The Morgan fingerprint density at radius 3 is 2.74 bits per heavy atom. The number of thiophene rings is 1. The van der Waals surface area contributed by atoms with Gasteiger partial charge in [0, 0.05) is 47.8 Å². The van der Waals surface area contributed by atoms with E-state index in [1.54, 1.807) is 40.0 Å². The molecule has 7 heterocycles. The molecular formula is C35H31FN10O3S. The highest BCUT2D eigenvalue weighted by molar-refractivity contribution is 7.22. The van der Waals surface area contributed by atoms with Gasteiger partial charge in [-0.15, -0.1) is 21.5 Å². The first-order valence-corrected chi connectivity index (χ1v) is 16.9. The van der Waals surface area contributed by atoms with Crippen molar-refractivity contribution in [1.29, 1.82) is 0 Å². The number of likely N-dealkylation sites (tertiary alicyclic amines) is 1. The van der Waals surface area contributed by atoms with E-state index in [9.17, 15) is 9.59 Å². The van der Waals surface area contributed by atoms with E-state index in [2.05, 4.69) is 25.4 Å². The minimum atomic E-state index is -0.746. The van der Waals surface area contributed by atoms with Gasteiger partial charge in [0.05, 0.1) is 22.2 Å². The van der Waals surface area contributed by atoms with Crippen LogP contribution in [0.3, 0.4) is 0 Å². The molecule has 0 N–H and O–H groups in total. The van der Waals surface area contributed by atoms with Crippen molar-refractivity contribution in [3.8, 4) is 16.4 Å². The minimum absolute atomic E-state index is 0.156. The Hall–Kier alpha value is -5.83. The average molecular weight is 691 g/mol. The molecule has 7 aromatic rings. The quantitative estimate of drug-likeness (QED) is 0.203. The molecule has 0 aliphatic carbocycles. The SMILES string of the molecule is CC(C)(C)OC(=O)N1CCC[C@@H](N(C(=O)c2ccc(-n3nnc4cccnc43)cc2F)c2nccc3sc(-c4nc5ccccn5n4)cc23)C1. The number of halogens is 1. The second-order valence-electron chi connectivity index (χ2n) is 13.0. The number of hydrogen-bond acceptors (Lipinski definition) is 10. The van der Waals surface area contributed by atoms with E-state index in [4.69, 9.17) is 9.72 Å². The smallest absolute Gasteiger partial charge is 0.410 e. The molecule has 1 aliphatic heterocycles. The van der Waals surface area contributed by atoms with E-state index in [0.717, 1.165) is 9.58 Å². The molecule has 1 aromatic carbocycles. The summed E-state index contributed by atoms with van der Waals surface area (Å²) in [6.45, 7) is 6.08. The highest BCUT2D eigenvalue weighted by atomic mass is 32.1. The van der Waals surface area contributed by atoms with Gasteiger partial charge in [-0.25, -0.2) is 28.7 Å². The zero-order valence-corrected chi connectivity index (χ0v) is 28.2. The fourth-order valence-electron chi connectivity index (χ4n) is 6.16. The van der Waals surface area contributed by atoms with Crippen LogP contribution in [-0.2, 0) is 4.74 Å². The van der Waals surface area contributed by atoms with Crippen molar-refractivity contribution in [2.24, 2.45) is 0 Å². The van der Waals surface area contributed by atoms with Gasteiger partial charge in [0.1, 0.15) is 22.8 Å². The fraction of sp³-hybridized carbons (Fsp3) is 0.257. The Labute approximate surface area is 288 Å². The van der Waals surface area contributed by atoms with Crippen molar-refractivity contribution in [2.75, 3.05) is 18.0 Å². The summed E-state index contributed by atoms with van der Waals surface area (Å²) in [7, 11) is 0. The summed E-state index contributed by atoms with van der Waals surface area (Å²) in [5, 5.41) is 13.6. The lowest BCUT2D eigenvalue weighted by molar-refractivity contribution is 0.0196. The molecule has 8 rings (SSSR count). The number of anilines is 1. The van der Waals surface area contributed by atoms with E-state index in [1.807, 2.05) is 57.3 Å². The molecule has 1 atom stereocenters. The van der Waals surface area contributed by atoms with Crippen molar-refractivity contribution in [2.45, 2.75) is 45.3 Å². The van der Waals surface area contributed by atoms with Gasteiger partial charge in [0.2, 0.25) is 0 Å². The molecule has 50 heavy (non-hydrogen) atoms. The van der Waals surface area contributed by atoms with Gasteiger partial charge in [-0.1, -0.05) is 11.3 Å². The number of aromatic nitrogens is 8. The van der Waals surface area contributed by atoms with Gasteiger partial charge in [0.15, 0.2) is 17.1 Å². The molecule has 13 nitrogen and oxygen atoms in total. The van der Waals surface area contributed by atoms with Crippen molar-refractivity contribution in [3.63, 3.8) is 0 Å². The highest BCUT2D eigenvalue weighted by Crippen LogP contribution is 2.38. The van der Waals surface area contributed by atoms with Crippen molar-refractivity contribution >= 4 is 56.1 Å². The van der Waals surface area contributed by atoms with Crippen molar-refractivity contribution < 1.29 is 18.7 Å². The highest BCUT2D eigenvalue weighted by Gasteiger charge is 2.36. The molecule has 2 amide bonds. The van der Waals surface area contributed by atoms with E-state index < -0.39 is 29.5 Å². The zero-order chi connectivity index (χ0) is 34.6. The summed E-state index contributed by atoms with van der Waals surface area (Å²) >= 11 is 1.47. The topological polar surface area (TPSA) is 137 Å². The summed E-state index contributed by atoms with van der Waals surface area (Å²) in [6, 6.07) is 16.7. The van der Waals surface area contributed by atoms with Gasteiger partial charge < -0.3 is 9.64 Å².